The molecule has 0 bridgehead atoms. The molecule has 0 spiro atoms. The van der Waals surface area contributed by atoms with Crippen molar-refractivity contribution < 1.29 is 39.8 Å². The number of ether oxygens (including phenoxy) is 2. The molecule has 1 rings (SSSR count). The number of aliphatic hydroxyl groups is 5. The van der Waals surface area contributed by atoms with Crippen LogP contribution in [0.2, 0.25) is 0 Å². The second-order valence-corrected chi connectivity index (χ2v) is 20.8. The Morgan fingerprint density at radius 3 is 1.27 bits per heavy atom. The number of allylic oxidation sites excluding steroid dienone is 9. The highest BCUT2D eigenvalue weighted by Crippen LogP contribution is 2.23. The fraction of sp³-hybridized carbons (Fsp3) is 0.823. The number of carbonyl (C=O) groups is 1. The standard InChI is InChI=1S/C62H113NO8/c1-3-5-7-9-11-13-15-17-19-21-23-25-27-28-30-32-34-36-38-40-42-44-46-48-50-52-58(66)63-55(54-70-62-61(69)60(68)59(67)57(53-64)71-62)56(65)51-49-47-45-43-41-39-37-35-33-31-29-26-24-22-20-18-16-14-12-10-8-6-4-2/h23,25,28,30,33,35,41,43,49,51,55-57,59-62,64-65,67-69H,3-22,24,26-27,29,31-32,34,36-40,42,44-48,50,52-54H2,1-2H3,(H,63,66)/b25-23-,30-28-,35-33+,43-41+,51-49+. The summed E-state index contributed by atoms with van der Waals surface area (Å²) in [5, 5.41) is 54.5. The summed E-state index contributed by atoms with van der Waals surface area (Å²) in [4.78, 5) is 13.1. The van der Waals surface area contributed by atoms with Gasteiger partial charge in [0.25, 0.3) is 0 Å². The van der Waals surface area contributed by atoms with Crippen molar-refractivity contribution in [3.63, 3.8) is 0 Å². The van der Waals surface area contributed by atoms with Gasteiger partial charge < -0.3 is 40.3 Å². The lowest BCUT2D eigenvalue weighted by molar-refractivity contribution is -0.302. The van der Waals surface area contributed by atoms with Gasteiger partial charge in [0.1, 0.15) is 24.4 Å². The molecule has 0 aromatic heterocycles. The Kier molecular flexibility index (Phi) is 48.4. The molecule has 1 heterocycles. The van der Waals surface area contributed by atoms with Crippen LogP contribution in [-0.2, 0) is 14.3 Å². The summed E-state index contributed by atoms with van der Waals surface area (Å²) < 4.78 is 11.3. The lowest BCUT2D eigenvalue weighted by atomic mass is 9.99. The van der Waals surface area contributed by atoms with Crippen LogP contribution in [0.4, 0.5) is 0 Å². The Labute approximate surface area is 436 Å². The van der Waals surface area contributed by atoms with Gasteiger partial charge in [0.2, 0.25) is 5.91 Å². The molecule has 0 aromatic carbocycles. The summed E-state index contributed by atoms with van der Waals surface area (Å²) in [6, 6.07) is -0.834. The summed E-state index contributed by atoms with van der Waals surface area (Å²) in [7, 11) is 0. The van der Waals surface area contributed by atoms with Crippen molar-refractivity contribution in [3.8, 4) is 0 Å². The van der Waals surface area contributed by atoms with Gasteiger partial charge in [-0.05, 0) is 77.0 Å². The molecule has 7 unspecified atom stereocenters. The SMILES string of the molecule is CCCCCCCCCCC/C=C\C/C=C\CCCCCCCCCCCC(=O)NC(COC1OC(CO)C(O)C(O)C1O)C(O)/C=C/CC/C=C/CC/C=C/CCCCCCCCCCCCCCC. The number of nitrogens with one attached hydrogen (secondary N) is 1. The zero-order valence-corrected chi connectivity index (χ0v) is 46.0. The van der Waals surface area contributed by atoms with E-state index in [0.29, 0.717) is 6.42 Å². The number of aliphatic hydroxyl groups excluding tert-OH is 5. The molecule has 0 aliphatic carbocycles. The molecule has 7 atom stereocenters. The molecular formula is C62H113NO8. The Morgan fingerprint density at radius 2 is 0.845 bits per heavy atom. The van der Waals surface area contributed by atoms with Crippen molar-refractivity contribution in [1.82, 2.24) is 5.32 Å². The highest BCUT2D eigenvalue weighted by atomic mass is 16.7. The number of hydrogen-bond acceptors (Lipinski definition) is 8. The molecule has 0 radical (unpaired) electrons. The van der Waals surface area contributed by atoms with Crippen LogP contribution in [0.3, 0.4) is 0 Å². The molecule has 1 fully saturated rings. The lowest BCUT2D eigenvalue weighted by Crippen LogP contribution is -2.60. The second kappa shape index (κ2) is 51.4. The zero-order valence-electron chi connectivity index (χ0n) is 46.0. The van der Waals surface area contributed by atoms with E-state index in [1.54, 1.807) is 6.08 Å². The summed E-state index contributed by atoms with van der Waals surface area (Å²) in [6.45, 7) is 3.78. The molecule has 9 heteroatoms. The maximum absolute atomic E-state index is 13.1. The van der Waals surface area contributed by atoms with Gasteiger partial charge in [0.05, 0.1) is 25.4 Å². The Balaban J connectivity index is 2.26. The summed E-state index contributed by atoms with van der Waals surface area (Å²) in [6.07, 6.45) is 62.9. The minimum Gasteiger partial charge on any atom is -0.394 e. The fourth-order valence-electron chi connectivity index (χ4n) is 9.28. The minimum absolute atomic E-state index is 0.194. The molecule has 1 amide bonds. The van der Waals surface area contributed by atoms with Crippen LogP contribution in [0.15, 0.2) is 60.8 Å². The monoisotopic (exact) mass is 1000 g/mol. The van der Waals surface area contributed by atoms with E-state index in [9.17, 15) is 30.3 Å². The number of hydrogen-bond donors (Lipinski definition) is 6. The molecule has 9 nitrogen and oxygen atoms in total. The van der Waals surface area contributed by atoms with Crippen LogP contribution in [0.1, 0.15) is 271 Å². The first-order valence-electron chi connectivity index (χ1n) is 30.0. The highest BCUT2D eigenvalue weighted by Gasteiger charge is 2.44. The van der Waals surface area contributed by atoms with Gasteiger partial charge in [-0.15, -0.1) is 0 Å². The number of carbonyl (C=O) groups excluding carboxylic acids is 1. The van der Waals surface area contributed by atoms with Gasteiger partial charge in [-0.3, -0.25) is 4.79 Å². The summed E-state index contributed by atoms with van der Waals surface area (Å²) in [5.74, 6) is -0.194. The summed E-state index contributed by atoms with van der Waals surface area (Å²) >= 11 is 0. The minimum atomic E-state index is -1.58. The van der Waals surface area contributed by atoms with Crippen LogP contribution in [0, 0.1) is 0 Å². The quantitative estimate of drug-likeness (QED) is 0.0261. The third-order valence-electron chi connectivity index (χ3n) is 14.0. The zero-order chi connectivity index (χ0) is 51.5. The van der Waals surface area contributed by atoms with E-state index in [1.807, 2.05) is 6.08 Å². The van der Waals surface area contributed by atoms with Crippen LogP contribution >= 0.6 is 0 Å². The van der Waals surface area contributed by atoms with Crippen LogP contribution in [-0.4, -0.2) is 87.5 Å². The van der Waals surface area contributed by atoms with Crippen molar-refractivity contribution in [1.29, 1.82) is 0 Å². The Bertz CT molecular complexity index is 1300. The predicted molar refractivity (Wildman–Crippen MR) is 299 cm³/mol. The maximum atomic E-state index is 13.1. The van der Waals surface area contributed by atoms with E-state index >= 15 is 0 Å². The molecule has 1 aliphatic rings. The average molecular weight is 1000 g/mol. The molecule has 414 valence electrons. The Hall–Kier alpha value is -2.11. The molecule has 71 heavy (non-hydrogen) atoms. The first-order valence-corrected chi connectivity index (χ1v) is 30.0. The van der Waals surface area contributed by atoms with Crippen molar-refractivity contribution in [2.75, 3.05) is 13.2 Å². The van der Waals surface area contributed by atoms with Crippen LogP contribution < -0.4 is 5.32 Å². The lowest BCUT2D eigenvalue weighted by Gasteiger charge is -2.40. The number of rotatable bonds is 51. The molecule has 1 aliphatic heterocycles. The smallest absolute Gasteiger partial charge is 0.220 e. The van der Waals surface area contributed by atoms with E-state index in [0.717, 1.165) is 64.2 Å². The van der Waals surface area contributed by atoms with Gasteiger partial charge >= 0.3 is 0 Å². The predicted octanol–water partition coefficient (Wildman–Crippen LogP) is 15.1. The average Bonchev–Trinajstić information content (AvgIpc) is 3.37. The molecule has 0 saturated carbocycles. The third-order valence-corrected chi connectivity index (χ3v) is 14.0. The van der Waals surface area contributed by atoms with Crippen molar-refractivity contribution in [2.24, 2.45) is 0 Å². The maximum Gasteiger partial charge on any atom is 0.220 e. The molecule has 6 N–H and O–H groups in total. The van der Waals surface area contributed by atoms with E-state index in [-0.39, 0.29) is 12.5 Å². The highest BCUT2D eigenvalue weighted by molar-refractivity contribution is 5.76. The fourth-order valence-corrected chi connectivity index (χ4v) is 9.28. The van der Waals surface area contributed by atoms with Gasteiger partial charge in [0, 0.05) is 6.42 Å². The van der Waals surface area contributed by atoms with Crippen molar-refractivity contribution >= 4 is 5.91 Å². The molecular weight excluding hydrogens is 887 g/mol. The van der Waals surface area contributed by atoms with Crippen LogP contribution in [0.25, 0.3) is 0 Å². The van der Waals surface area contributed by atoms with E-state index in [1.165, 1.54) is 186 Å². The first-order chi connectivity index (χ1) is 34.8. The van der Waals surface area contributed by atoms with Crippen molar-refractivity contribution in [2.45, 2.75) is 314 Å². The number of amides is 1. The normalized spacial score (nSPS) is 19.7. The van der Waals surface area contributed by atoms with Gasteiger partial charge in [-0.1, -0.05) is 248 Å². The van der Waals surface area contributed by atoms with Gasteiger partial charge in [0.15, 0.2) is 6.29 Å². The van der Waals surface area contributed by atoms with E-state index in [2.05, 4.69) is 67.8 Å². The second-order valence-electron chi connectivity index (χ2n) is 20.8. The molecule has 0 aromatic rings. The summed E-state index contributed by atoms with van der Waals surface area (Å²) in [5.41, 5.74) is 0. The van der Waals surface area contributed by atoms with Gasteiger partial charge in [-0.2, -0.15) is 0 Å². The van der Waals surface area contributed by atoms with E-state index < -0.39 is 49.5 Å². The Morgan fingerprint density at radius 1 is 0.479 bits per heavy atom. The third kappa shape index (κ3) is 40.9. The van der Waals surface area contributed by atoms with Crippen molar-refractivity contribution in [3.05, 3.63) is 60.8 Å². The topological polar surface area (TPSA) is 149 Å². The largest absolute Gasteiger partial charge is 0.394 e. The molecule has 1 saturated heterocycles. The number of unbranched alkanes of at least 4 members (excludes halogenated alkanes) is 33. The first kappa shape index (κ1) is 66.9. The van der Waals surface area contributed by atoms with Gasteiger partial charge in [-0.25, -0.2) is 0 Å². The van der Waals surface area contributed by atoms with E-state index in [4.69, 9.17) is 9.47 Å². The van der Waals surface area contributed by atoms with Crippen LogP contribution in [0.5, 0.6) is 0 Å².